The van der Waals surface area contributed by atoms with Crippen LogP contribution in [-0.2, 0) is 6.54 Å². The lowest BCUT2D eigenvalue weighted by Crippen LogP contribution is -2.28. The molecule has 0 radical (unpaired) electrons. The van der Waals surface area contributed by atoms with Gasteiger partial charge in [0.05, 0.1) is 5.69 Å². The van der Waals surface area contributed by atoms with E-state index in [1.165, 1.54) is 0 Å². The third-order valence-corrected chi connectivity index (χ3v) is 3.44. The monoisotopic (exact) mass is 303 g/mol. The van der Waals surface area contributed by atoms with Crippen LogP contribution in [0.3, 0.4) is 0 Å². The summed E-state index contributed by atoms with van der Waals surface area (Å²) in [5.74, 6) is 0. The predicted molar refractivity (Wildman–Crippen MR) is 92.0 cm³/mol. The number of nitrogens with zero attached hydrogens (tertiary/aromatic N) is 1. The van der Waals surface area contributed by atoms with E-state index >= 15 is 0 Å². The molecule has 114 valence electrons. The minimum Gasteiger partial charge on any atom is -0.334 e. The fourth-order valence-corrected chi connectivity index (χ4v) is 2.31. The van der Waals surface area contributed by atoms with Gasteiger partial charge in [-0.15, -0.1) is 0 Å². The molecule has 0 unspecified atom stereocenters. The quantitative estimate of drug-likeness (QED) is 0.763. The second-order valence-corrected chi connectivity index (χ2v) is 5.08. The third kappa shape index (κ3) is 3.95. The number of anilines is 1. The minimum absolute atomic E-state index is 0.231. The maximum Gasteiger partial charge on any atom is 0.319 e. The molecule has 0 aliphatic rings. The Balaban J connectivity index is 1.69. The summed E-state index contributed by atoms with van der Waals surface area (Å²) in [6, 6.07) is 21.1. The van der Waals surface area contributed by atoms with Gasteiger partial charge in [0, 0.05) is 30.1 Å². The van der Waals surface area contributed by atoms with Crippen LogP contribution >= 0.6 is 0 Å². The lowest BCUT2D eigenvalue weighted by Gasteiger charge is -2.12. The Morgan fingerprint density at radius 2 is 1.70 bits per heavy atom. The van der Waals surface area contributed by atoms with Crippen molar-refractivity contribution in [2.75, 3.05) is 5.32 Å². The van der Waals surface area contributed by atoms with Gasteiger partial charge in [0.25, 0.3) is 0 Å². The maximum absolute atomic E-state index is 12.1. The van der Waals surface area contributed by atoms with Gasteiger partial charge in [0.1, 0.15) is 0 Å². The van der Waals surface area contributed by atoms with Crippen LogP contribution in [0.25, 0.3) is 11.1 Å². The summed E-state index contributed by atoms with van der Waals surface area (Å²) < 4.78 is 0. The lowest BCUT2D eigenvalue weighted by molar-refractivity contribution is 0.252. The zero-order chi connectivity index (χ0) is 15.9. The molecule has 0 saturated carbocycles. The summed E-state index contributed by atoms with van der Waals surface area (Å²) in [4.78, 5) is 16.3. The Bertz CT molecular complexity index is 773. The van der Waals surface area contributed by atoms with Crippen LogP contribution in [0.5, 0.6) is 0 Å². The molecule has 4 nitrogen and oxygen atoms in total. The van der Waals surface area contributed by atoms with Crippen molar-refractivity contribution in [3.8, 4) is 11.1 Å². The second kappa shape index (κ2) is 7.22. The Hall–Kier alpha value is -3.14. The smallest absolute Gasteiger partial charge is 0.319 e. The summed E-state index contributed by atoms with van der Waals surface area (Å²) in [6.45, 7) is 0.488. The van der Waals surface area contributed by atoms with E-state index in [4.69, 9.17) is 0 Å². The van der Waals surface area contributed by atoms with E-state index in [0.29, 0.717) is 6.54 Å². The normalized spacial score (nSPS) is 10.1. The number of nitrogens with one attached hydrogen (secondary N) is 2. The number of urea groups is 1. The van der Waals surface area contributed by atoms with Crippen molar-refractivity contribution in [1.82, 2.24) is 10.3 Å². The van der Waals surface area contributed by atoms with Crippen LogP contribution in [0.15, 0.2) is 79.1 Å². The molecule has 3 aromatic rings. The highest BCUT2D eigenvalue weighted by Crippen LogP contribution is 2.26. The van der Waals surface area contributed by atoms with Crippen LogP contribution in [-0.4, -0.2) is 11.0 Å². The van der Waals surface area contributed by atoms with Crippen molar-refractivity contribution >= 4 is 11.7 Å². The van der Waals surface area contributed by atoms with Crippen LogP contribution in [0.2, 0.25) is 0 Å². The summed E-state index contributed by atoms with van der Waals surface area (Å²) in [6.07, 6.45) is 3.51. The van der Waals surface area contributed by atoms with Gasteiger partial charge in [0.2, 0.25) is 0 Å². The molecule has 0 aliphatic carbocycles. The molecule has 0 spiro atoms. The van der Waals surface area contributed by atoms with E-state index in [1.54, 1.807) is 12.4 Å². The molecule has 2 aromatic carbocycles. The van der Waals surface area contributed by atoms with E-state index in [2.05, 4.69) is 15.6 Å². The first-order chi connectivity index (χ1) is 11.3. The molecule has 0 fully saturated rings. The molecule has 0 aliphatic heterocycles. The third-order valence-electron chi connectivity index (χ3n) is 3.44. The molecular weight excluding hydrogens is 286 g/mol. The van der Waals surface area contributed by atoms with Gasteiger partial charge in [-0.1, -0.05) is 54.6 Å². The van der Waals surface area contributed by atoms with E-state index in [9.17, 15) is 4.79 Å². The number of hydrogen-bond acceptors (Lipinski definition) is 2. The highest BCUT2D eigenvalue weighted by atomic mass is 16.2. The van der Waals surface area contributed by atoms with Crippen molar-refractivity contribution in [3.05, 3.63) is 84.7 Å². The number of para-hydroxylation sites is 1. The molecular formula is C19H17N3O. The predicted octanol–water partition coefficient (Wildman–Crippen LogP) is 4.07. The van der Waals surface area contributed by atoms with Gasteiger partial charge < -0.3 is 10.6 Å². The Labute approximate surface area is 135 Å². The molecule has 2 N–H and O–H groups in total. The average molecular weight is 303 g/mol. The number of carbonyl (C=O) groups is 1. The zero-order valence-corrected chi connectivity index (χ0v) is 12.6. The molecule has 23 heavy (non-hydrogen) atoms. The number of hydrogen-bond donors (Lipinski definition) is 2. The molecule has 2 amide bonds. The number of carbonyl (C=O) groups excluding carboxylic acids is 1. The fraction of sp³-hybridized carbons (Fsp3) is 0.0526. The first-order valence-electron chi connectivity index (χ1n) is 7.41. The summed E-state index contributed by atoms with van der Waals surface area (Å²) in [5.41, 5.74) is 3.72. The Morgan fingerprint density at radius 3 is 2.48 bits per heavy atom. The summed E-state index contributed by atoms with van der Waals surface area (Å²) in [5, 5.41) is 5.76. The number of pyridine rings is 1. The number of rotatable bonds is 4. The minimum atomic E-state index is -0.231. The van der Waals surface area contributed by atoms with Crippen LogP contribution in [0.4, 0.5) is 10.5 Å². The largest absolute Gasteiger partial charge is 0.334 e. The van der Waals surface area contributed by atoms with Gasteiger partial charge in [-0.2, -0.15) is 0 Å². The van der Waals surface area contributed by atoms with Crippen molar-refractivity contribution in [2.45, 2.75) is 6.54 Å². The Morgan fingerprint density at radius 1 is 0.913 bits per heavy atom. The SMILES string of the molecule is O=C(NCc1ccccc1)Nc1ccccc1-c1cccnc1. The fourth-order valence-electron chi connectivity index (χ4n) is 2.31. The van der Waals surface area contributed by atoms with Crippen molar-refractivity contribution in [3.63, 3.8) is 0 Å². The summed E-state index contributed by atoms with van der Waals surface area (Å²) in [7, 11) is 0. The van der Waals surface area contributed by atoms with E-state index in [-0.39, 0.29) is 6.03 Å². The van der Waals surface area contributed by atoms with Gasteiger partial charge in [-0.3, -0.25) is 4.98 Å². The van der Waals surface area contributed by atoms with Crippen molar-refractivity contribution in [1.29, 1.82) is 0 Å². The number of amides is 2. The van der Waals surface area contributed by atoms with Gasteiger partial charge in [-0.05, 0) is 17.7 Å². The molecule has 3 rings (SSSR count). The van der Waals surface area contributed by atoms with Crippen LogP contribution < -0.4 is 10.6 Å². The molecule has 0 saturated heterocycles. The van der Waals surface area contributed by atoms with Gasteiger partial charge in [-0.25, -0.2) is 4.79 Å². The lowest BCUT2D eigenvalue weighted by atomic mass is 10.1. The number of aromatic nitrogens is 1. The standard InChI is InChI=1S/C19H17N3O/c23-19(21-13-15-7-2-1-3-8-15)22-18-11-5-4-10-17(18)16-9-6-12-20-14-16/h1-12,14H,13H2,(H2,21,22,23). The molecule has 1 aromatic heterocycles. The van der Waals surface area contributed by atoms with Crippen LogP contribution in [0.1, 0.15) is 5.56 Å². The molecule has 0 bridgehead atoms. The van der Waals surface area contributed by atoms with E-state index < -0.39 is 0 Å². The second-order valence-electron chi connectivity index (χ2n) is 5.08. The molecule has 1 heterocycles. The summed E-state index contributed by atoms with van der Waals surface area (Å²) >= 11 is 0. The van der Waals surface area contributed by atoms with E-state index in [0.717, 1.165) is 22.4 Å². The molecule has 4 heteroatoms. The van der Waals surface area contributed by atoms with Crippen molar-refractivity contribution < 1.29 is 4.79 Å². The Kier molecular flexibility index (Phi) is 4.64. The topological polar surface area (TPSA) is 54.0 Å². The van der Waals surface area contributed by atoms with Gasteiger partial charge >= 0.3 is 6.03 Å². The first kappa shape index (κ1) is 14.8. The zero-order valence-electron chi connectivity index (χ0n) is 12.6. The van der Waals surface area contributed by atoms with E-state index in [1.807, 2.05) is 66.7 Å². The first-order valence-corrected chi connectivity index (χ1v) is 7.41. The average Bonchev–Trinajstić information content (AvgIpc) is 2.62. The van der Waals surface area contributed by atoms with Crippen LogP contribution in [0, 0.1) is 0 Å². The molecule has 0 atom stereocenters. The van der Waals surface area contributed by atoms with Crippen molar-refractivity contribution in [2.24, 2.45) is 0 Å². The highest BCUT2D eigenvalue weighted by Gasteiger charge is 2.07. The number of benzene rings is 2. The van der Waals surface area contributed by atoms with Gasteiger partial charge in [0.15, 0.2) is 0 Å². The maximum atomic E-state index is 12.1. The highest BCUT2D eigenvalue weighted by molar-refractivity contribution is 5.94.